The molecule has 1 aliphatic heterocycles. The van der Waals surface area contributed by atoms with Crippen LogP contribution in [0.5, 0.6) is 0 Å². The first-order valence-electron chi connectivity index (χ1n) is 6.15. The van der Waals surface area contributed by atoms with Crippen LogP contribution in [0.3, 0.4) is 0 Å². The summed E-state index contributed by atoms with van der Waals surface area (Å²) >= 11 is 2.24. The summed E-state index contributed by atoms with van der Waals surface area (Å²) in [6.45, 7) is 3.45. The van der Waals surface area contributed by atoms with Gasteiger partial charge < -0.3 is 10.2 Å². The van der Waals surface area contributed by atoms with E-state index in [-0.39, 0.29) is 11.8 Å². The van der Waals surface area contributed by atoms with Gasteiger partial charge in [-0.1, -0.05) is 12.1 Å². The Morgan fingerprint density at radius 1 is 1.26 bits per heavy atom. The number of piperazine rings is 1. The number of nitrogens with zero attached hydrogens (tertiary/aromatic N) is 1. The molecule has 2 rings (SSSR count). The van der Waals surface area contributed by atoms with E-state index in [2.05, 4.69) is 27.9 Å². The molecule has 1 saturated heterocycles. The molecule has 0 radical (unpaired) electrons. The number of benzene rings is 1. The van der Waals surface area contributed by atoms with E-state index in [9.17, 15) is 9.59 Å². The summed E-state index contributed by atoms with van der Waals surface area (Å²) < 4.78 is 1.15. The maximum atomic E-state index is 12.2. The minimum atomic E-state index is -0.811. The first-order valence-corrected chi connectivity index (χ1v) is 7.23. The Balaban J connectivity index is 2.18. The average Bonchev–Trinajstić information content (AvgIpc) is 2.34. The minimum absolute atomic E-state index is 0.0531. The topological polar surface area (TPSA) is 49.4 Å². The molecule has 19 heavy (non-hydrogen) atoms. The van der Waals surface area contributed by atoms with Gasteiger partial charge in [-0.2, -0.15) is 0 Å². The average molecular weight is 372 g/mol. The molecule has 102 valence electrons. The zero-order chi connectivity index (χ0) is 14.2. The van der Waals surface area contributed by atoms with Gasteiger partial charge in [-0.3, -0.25) is 9.59 Å². The third kappa shape index (κ3) is 2.91. The van der Waals surface area contributed by atoms with Crippen molar-refractivity contribution in [2.24, 2.45) is 0 Å². The van der Waals surface area contributed by atoms with Crippen LogP contribution in [0.25, 0.3) is 0 Å². The van der Waals surface area contributed by atoms with Gasteiger partial charge >= 0.3 is 0 Å². The quantitative estimate of drug-likeness (QED) is 0.802. The number of rotatable bonds is 2. The smallest absolute Gasteiger partial charge is 0.248 e. The molecule has 0 aliphatic carbocycles. The van der Waals surface area contributed by atoms with Crippen LogP contribution >= 0.6 is 22.6 Å². The molecule has 0 saturated carbocycles. The Kier molecular flexibility index (Phi) is 3.85. The van der Waals surface area contributed by atoms with Crippen LogP contribution in [0, 0.1) is 3.57 Å². The highest BCUT2D eigenvalue weighted by Crippen LogP contribution is 2.19. The number of carbonyl (C=O) groups excluding carboxylic acids is 2. The molecule has 0 spiro atoms. The zero-order valence-corrected chi connectivity index (χ0v) is 13.4. The lowest BCUT2D eigenvalue weighted by Gasteiger charge is -2.40. The van der Waals surface area contributed by atoms with E-state index in [4.69, 9.17) is 0 Å². The fourth-order valence-electron chi connectivity index (χ4n) is 2.28. The van der Waals surface area contributed by atoms with Crippen LogP contribution in [0.15, 0.2) is 24.3 Å². The van der Waals surface area contributed by atoms with Crippen molar-refractivity contribution in [1.82, 2.24) is 10.2 Å². The number of halogens is 1. The second-order valence-corrected chi connectivity index (χ2v) is 6.62. The lowest BCUT2D eigenvalue weighted by molar-refractivity contribution is -0.151. The molecule has 0 bridgehead atoms. The predicted octanol–water partition coefficient (Wildman–Crippen LogP) is 1.57. The number of hydrogen-bond acceptors (Lipinski definition) is 2. The molecular formula is C14H17IN2O2. The lowest BCUT2D eigenvalue weighted by atomic mass is 9.94. The van der Waals surface area contributed by atoms with E-state index in [1.54, 1.807) is 25.8 Å². The van der Waals surface area contributed by atoms with Crippen LogP contribution < -0.4 is 5.32 Å². The SMILES string of the molecule is CN1C(=O)C(C)(C)NC(=O)C1Cc1ccc(I)cc1. The summed E-state index contributed by atoms with van der Waals surface area (Å²) in [5.41, 5.74) is 0.244. The molecular weight excluding hydrogens is 355 g/mol. The maximum absolute atomic E-state index is 12.2. The van der Waals surface area contributed by atoms with Gasteiger partial charge in [0.05, 0.1) is 0 Å². The molecule has 1 heterocycles. The highest BCUT2D eigenvalue weighted by atomic mass is 127. The largest absolute Gasteiger partial charge is 0.340 e. The van der Waals surface area contributed by atoms with Gasteiger partial charge in [-0.15, -0.1) is 0 Å². The number of likely N-dealkylation sites (N-methyl/N-ethyl adjacent to an activating group) is 1. The highest BCUT2D eigenvalue weighted by Gasteiger charge is 2.43. The predicted molar refractivity (Wildman–Crippen MR) is 81.6 cm³/mol. The van der Waals surface area contributed by atoms with E-state index < -0.39 is 11.6 Å². The molecule has 1 aliphatic rings. The molecule has 1 aromatic rings. The summed E-state index contributed by atoms with van der Waals surface area (Å²) in [7, 11) is 1.69. The van der Waals surface area contributed by atoms with Crippen LogP contribution in [-0.2, 0) is 16.0 Å². The van der Waals surface area contributed by atoms with Gasteiger partial charge in [0.1, 0.15) is 11.6 Å². The van der Waals surface area contributed by atoms with Crippen LogP contribution in [0.1, 0.15) is 19.4 Å². The van der Waals surface area contributed by atoms with Gasteiger partial charge in [-0.05, 0) is 54.1 Å². The third-order valence-corrected chi connectivity index (χ3v) is 4.12. The van der Waals surface area contributed by atoms with Crippen molar-refractivity contribution in [3.8, 4) is 0 Å². The Hall–Kier alpha value is -1.11. The van der Waals surface area contributed by atoms with Crippen LogP contribution in [0.4, 0.5) is 0 Å². The van der Waals surface area contributed by atoms with Gasteiger partial charge in [0.15, 0.2) is 0 Å². The monoisotopic (exact) mass is 372 g/mol. The van der Waals surface area contributed by atoms with Crippen molar-refractivity contribution in [3.05, 3.63) is 33.4 Å². The fourth-order valence-corrected chi connectivity index (χ4v) is 2.64. The summed E-state index contributed by atoms with van der Waals surface area (Å²) in [6, 6.07) is 7.56. The van der Waals surface area contributed by atoms with Gasteiger partial charge in [0.25, 0.3) is 0 Å². The molecule has 2 amide bonds. The van der Waals surface area contributed by atoms with Gasteiger partial charge in [-0.25, -0.2) is 0 Å². The zero-order valence-electron chi connectivity index (χ0n) is 11.2. The number of carbonyl (C=O) groups is 2. The van der Waals surface area contributed by atoms with Crippen molar-refractivity contribution in [1.29, 1.82) is 0 Å². The van der Waals surface area contributed by atoms with E-state index in [1.165, 1.54) is 0 Å². The molecule has 1 unspecified atom stereocenters. The summed E-state index contributed by atoms with van der Waals surface area (Å²) in [5, 5.41) is 2.79. The molecule has 5 heteroatoms. The normalized spacial score (nSPS) is 22.3. The van der Waals surface area contributed by atoms with Gasteiger partial charge in [0.2, 0.25) is 11.8 Å². The minimum Gasteiger partial charge on any atom is -0.340 e. The van der Waals surface area contributed by atoms with Crippen molar-refractivity contribution in [2.75, 3.05) is 7.05 Å². The Labute approximate surface area is 126 Å². The van der Waals surface area contributed by atoms with Crippen LogP contribution in [0.2, 0.25) is 0 Å². The number of nitrogens with one attached hydrogen (secondary N) is 1. The van der Waals surface area contributed by atoms with Gasteiger partial charge in [0, 0.05) is 17.0 Å². The first-order chi connectivity index (χ1) is 8.81. The van der Waals surface area contributed by atoms with Crippen LogP contribution in [-0.4, -0.2) is 35.3 Å². The molecule has 1 fully saturated rings. The molecule has 1 atom stereocenters. The Morgan fingerprint density at radius 2 is 1.84 bits per heavy atom. The summed E-state index contributed by atoms with van der Waals surface area (Å²) in [4.78, 5) is 25.8. The third-order valence-electron chi connectivity index (χ3n) is 3.40. The van der Waals surface area contributed by atoms with E-state index in [0.29, 0.717) is 6.42 Å². The van der Waals surface area contributed by atoms with E-state index in [1.807, 2.05) is 24.3 Å². The Bertz CT molecular complexity index is 511. The molecule has 4 nitrogen and oxygen atoms in total. The maximum Gasteiger partial charge on any atom is 0.248 e. The van der Waals surface area contributed by atoms with Crippen molar-refractivity contribution in [2.45, 2.75) is 31.8 Å². The summed E-state index contributed by atoms with van der Waals surface area (Å²) in [5.74, 6) is -0.145. The van der Waals surface area contributed by atoms with E-state index in [0.717, 1.165) is 9.13 Å². The standard InChI is InChI=1S/C14H17IN2O2/c1-14(2)13(19)17(3)11(12(18)16-14)8-9-4-6-10(15)7-5-9/h4-7,11H,8H2,1-3H3,(H,16,18). The summed E-state index contributed by atoms with van der Waals surface area (Å²) in [6.07, 6.45) is 0.543. The lowest BCUT2D eigenvalue weighted by Crippen LogP contribution is -2.67. The molecule has 0 aromatic heterocycles. The number of amides is 2. The molecule has 1 aromatic carbocycles. The second kappa shape index (κ2) is 5.11. The van der Waals surface area contributed by atoms with E-state index >= 15 is 0 Å². The van der Waals surface area contributed by atoms with Crippen molar-refractivity contribution < 1.29 is 9.59 Å². The molecule has 1 N–H and O–H groups in total. The first kappa shape index (κ1) is 14.3. The second-order valence-electron chi connectivity index (χ2n) is 5.38. The Morgan fingerprint density at radius 3 is 2.42 bits per heavy atom. The fraction of sp³-hybridized carbons (Fsp3) is 0.429. The highest BCUT2D eigenvalue weighted by molar-refractivity contribution is 14.1. The number of hydrogen-bond donors (Lipinski definition) is 1. The van der Waals surface area contributed by atoms with Crippen molar-refractivity contribution in [3.63, 3.8) is 0 Å². The van der Waals surface area contributed by atoms with Crippen molar-refractivity contribution >= 4 is 34.4 Å².